The van der Waals surface area contributed by atoms with Crippen molar-refractivity contribution in [2.24, 2.45) is 0 Å². The Kier molecular flexibility index (Phi) is 6.95. The molecule has 0 amide bonds. The lowest BCUT2D eigenvalue weighted by atomic mass is 10.1. The maximum absolute atomic E-state index is 10.2. The summed E-state index contributed by atoms with van der Waals surface area (Å²) in [6, 6.07) is 0. The fourth-order valence-corrected chi connectivity index (χ4v) is 3.39. The van der Waals surface area contributed by atoms with Crippen LogP contribution < -0.4 is 5.32 Å². The van der Waals surface area contributed by atoms with E-state index in [0.29, 0.717) is 17.0 Å². The molecular formula is C18H29N5O4. The van der Waals surface area contributed by atoms with Crippen molar-refractivity contribution >= 4 is 17.0 Å². The first kappa shape index (κ1) is 19.9. The van der Waals surface area contributed by atoms with Crippen LogP contribution in [0.3, 0.4) is 0 Å². The Bertz CT molecular complexity index is 725. The van der Waals surface area contributed by atoms with Gasteiger partial charge in [-0.3, -0.25) is 4.57 Å². The van der Waals surface area contributed by atoms with E-state index in [-0.39, 0.29) is 6.61 Å². The number of imidazole rings is 1. The normalized spacial score (nSPS) is 25.3. The van der Waals surface area contributed by atoms with Gasteiger partial charge in [0, 0.05) is 6.54 Å². The third-order valence-corrected chi connectivity index (χ3v) is 4.97. The Morgan fingerprint density at radius 3 is 2.59 bits per heavy atom. The van der Waals surface area contributed by atoms with Gasteiger partial charge in [0.1, 0.15) is 24.6 Å². The van der Waals surface area contributed by atoms with Crippen LogP contribution in [0.4, 0.5) is 5.82 Å². The zero-order chi connectivity index (χ0) is 19.2. The van der Waals surface area contributed by atoms with Gasteiger partial charge < -0.3 is 25.4 Å². The summed E-state index contributed by atoms with van der Waals surface area (Å²) in [6.45, 7) is 2.64. The molecule has 2 aromatic heterocycles. The van der Waals surface area contributed by atoms with Crippen LogP contribution in [0.5, 0.6) is 0 Å². The highest BCUT2D eigenvalue weighted by Gasteiger charge is 2.44. The van der Waals surface area contributed by atoms with Crippen LogP contribution in [-0.2, 0) is 4.74 Å². The van der Waals surface area contributed by atoms with Crippen LogP contribution in [0.25, 0.3) is 11.2 Å². The van der Waals surface area contributed by atoms with E-state index in [4.69, 9.17) is 4.74 Å². The average molecular weight is 379 g/mol. The molecule has 1 fully saturated rings. The standard InChI is InChI=1S/C18H29N5O4/c1-2-3-4-5-6-7-8-19-16-13-17(21-10-20-16)23(11-22-13)18-15(26)14(25)12(9-24)27-18/h10-12,14-15,18,24-26H,2-9H2,1H3,(H,19,20,21). The number of hydrogen-bond donors (Lipinski definition) is 4. The maximum Gasteiger partial charge on any atom is 0.167 e. The largest absolute Gasteiger partial charge is 0.394 e. The number of anilines is 1. The molecule has 2 aromatic rings. The zero-order valence-corrected chi connectivity index (χ0v) is 15.7. The van der Waals surface area contributed by atoms with Crippen molar-refractivity contribution in [1.82, 2.24) is 19.5 Å². The van der Waals surface area contributed by atoms with Gasteiger partial charge in [-0.15, -0.1) is 0 Å². The van der Waals surface area contributed by atoms with Gasteiger partial charge in [0.2, 0.25) is 0 Å². The number of nitrogens with zero attached hydrogens (tertiary/aromatic N) is 4. The van der Waals surface area contributed by atoms with E-state index in [2.05, 4.69) is 27.2 Å². The minimum absolute atomic E-state index is 0.374. The molecule has 4 N–H and O–H groups in total. The Labute approximate surface area is 158 Å². The summed E-state index contributed by atoms with van der Waals surface area (Å²) in [5.74, 6) is 0.638. The number of aromatic nitrogens is 4. The second-order valence-electron chi connectivity index (χ2n) is 6.97. The van der Waals surface area contributed by atoms with Gasteiger partial charge in [0.25, 0.3) is 0 Å². The second kappa shape index (κ2) is 9.41. The molecule has 3 heterocycles. The van der Waals surface area contributed by atoms with Gasteiger partial charge in [-0.1, -0.05) is 39.0 Å². The van der Waals surface area contributed by atoms with Crippen molar-refractivity contribution in [2.75, 3.05) is 18.5 Å². The summed E-state index contributed by atoms with van der Waals surface area (Å²) in [4.78, 5) is 12.9. The molecule has 27 heavy (non-hydrogen) atoms. The molecule has 4 unspecified atom stereocenters. The van der Waals surface area contributed by atoms with Gasteiger partial charge in [-0.2, -0.15) is 0 Å². The summed E-state index contributed by atoms with van der Waals surface area (Å²) >= 11 is 0. The van der Waals surface area contributed by atoms with Gasteiger partial charge in [0.05, 0.1) is 12.9 Å². The first-order valence-electron chi connectivity index (χ1n) is 9.71. The monoisotopic (exact) mass is 379 g/mol. The fourth-order valence-electron chi connectivity index (χ4n) is 3.39. The highest BCUT2D eigenvalue weighted by molar-refractivity contribution is 5.82. The number of aliphatic hydroxyl groups excluding tert-OH is 3. The molecule has 0 spiro atoms. The summed E-state index contributed by atoms with van der Waals surface area (Å²) in [6.07, 6.45) is 6.21. The van der Waals surface area contributed by atoms with E-state index in [1.165, 1.54) is 44.8 Å². The molecule has 0 bridgehead atoms. The molecule has 9 heteroatoms. The third-order valence-electron chi connectivity index (χ3n) is 4.97. The lowest BCUT2D eigenvalue weighted by Crippen LogP contribution is -2.33. The lowest BCUT2D eigenvalue weighted by molar-refractivity contribution is -0.0511. The smallest absolute Gasteiger partial charge is 0.167 e. The predicted octanol–water partition coefficient (Wildman–Crippen LogP) is 1.21. The Morgan fingerprint density at radius 2 is 1.85 bits per heavy atom. The van der Waals surface area contributed by atoms with E-state index >= 15 is 0 Å². The average Bonchev–Trinajstić information content (AvgIpc) is 3.23. The Hall–Kier alpha value is -1.81. The summed E-state index contributed by atoms with van der Waals surface area (Å²) < 4.78 is 7.13. The Balaban J connectivity index is 1.65. The van der Waals surface area contributed by atoms with Crippen LogP contribution >= 0.6 is 0 Å². The third kappa shape index (κ3) is 4.37. The molecule has 1 saturated heterocycles. The number of unbranched alkanes of at least 4 members (excludes halogenated alkanes) is 5. The quantitative estimate of drug-likeness (QED) is 0.454. The number of fused-ring (bicyclic) bond motifs is 1. The molecule has 150 valence electrons. The number of hydrogen-bond acceptors (Lipinski definition) is 8. The van der Waals surface area contributed by atoms with E-state index < -0.39 is 24.5 Å². The van der Waals surface area contributed by atoms with Gasteiger partial charge in [-0.25, -0.2) is 15.0 Å². The van der Waals surface area contributed by atoms with Crippen molar-refractivity contribution in [1.29, 1.82) is 0 Å². The molecule has 0 aromatic carbocycles. The van der Waals surface area contributed by atoms with E-state index in [0.717, 1.165) is 13.0 Å². The minimum Gasteiger partial charge on any atom is -0.394 e. The topological polar surface area (TPSA) is 126 Å². The number of aliphatic hydroxyl groups is 3. The lowest BCUT2D eigenvalue weighted by Gasteiger charge is -2.16. The Morgan fingerprint density at radius 1 is 1.07 bits per heavy atom. The first-order chi connectivity index (χ1) is 13.2. The van der Waals surface area contributed by atoms with Gasteiger partial charge in [0.15, 0.2) is 23.2 Å². The molecule has 0 saturated carbocycles. The molecule has 4 atom stereocenters. The van der Waals surface area contributed by atoms with Crippen LogP contribution in [0, 0.1) is 0 Å². The first-order valence-corrected chi connectivity index (χ1v) is 9.71. The summed E-state index contributed by atoms with van der Waals surface area (Å²) in [5.41, 5.74) is 1.09. The predicted molar refractivity (Wildman–Crippen MR) is 100 cm³/mol. The molecule has 0 radical (unpaired) electrons. The summed E-state index contributed by atoms with van der Waals surface area (Å²) in [5, 5.41) is 32.7. The van der Waals surface area contributed by atoms with Crippen molar-refractivity contribution in [3.63, 3.8) is 0 Å². The molecule has 0 aliphatic carbocycles. The summed E-state index contributed by atoms with van der Waals surface area (Å²) in [7, 11) is 0. The van der Waals surface area contributed by atoms with Crippen LogP contribution in [0.1, 0.15) is 51.7 Å². The molecule has 3 rings (SSSR count). The highest BCUT2D eigenvalue weighted by Crippen LogP contribution is 2.32. The molecule has 1 aliphatic rings. The second-order valence-corrected chi connectivity index (χ2v) is 6.97. The van der Waals surface area contributed by atoms with Crippen LogP contribution in [-0.4, -0.2) is 66.3 Å². The highest BCUT2D eigenvalue weighted by atomic mass is 16.6. The van der Waals surface area contributed by atoms with Crippen molar-refractivity contribution in [2.45, 2.75) is 70.0 Å². The van der Waals surface area contributed by atoms with E-state index in [1.807, 2.05) is 0 Å². The number of nitrogens with one attached hydrogen (secondary N) is 1. The van der Waals surface area contributed by atoms with Crippen LogP contribution in [0.2, 0.25) is 0 Å². The molecule has 1 aliphatic heterocycles. The maximum atomic E-state index is 10.2. The van der Waals surface area contributed by atoms with Gasteiger partial charge in [-0.05, 0) is 6.42 Å². The van der Waals surface area contributed by atoms with Crippen molar-refractivity contribution < 1.29 is 20.1 Å². The van der Waals surface area contributed by atoms with Gasteiger partial charge >= 0.3 is 0 Å². The molecular weight excluding hydrogens is 350 g/mol. The molecule has 9 nitrogen and oxygen atoms in total. The van der Waals surface area contributed by atoms with E-state index in [1.54, 1.807) is 4.57 Å². The van der Waals surface area contributed by atoms with Crippen LogP contribution in [0.15, 0.2) is 12.7 Å². The zero-order valence-electron chi connectivity index (χ0n) is 15.7. The number of rotatable bonds is 10. The van der Waals surface area contributed by atoms with Crippen molar-refractivity contribution in [3.8, 4) is 0 Å². The fraction of sp³-hybridized carbons (Fsp3) is 0.722. The van der Waals surface area contributed by atoms with Crippen molar-refractivity contribution in [3.05, 3.63) is 12.7 Å². The van der Waals surface area contributed by atoms with E-state index in [9.17, 15) is 15.3 Å². The number of ether oxygens (including phenoxy) is 1. The SMILES string of the molecule is CCCCCCCCNc1ncnc2c1ncn2C1OC(CO)C(O)C1O. The minimum atomic E-state index is -1.17.